The molecule has 2 heteroatoms. The summed E-state index contributed by atoms with van der Waals surface area (Å²) in [4.78, 5) is 4.87. The zero-order valence-electron chi connectivity index (χ0n) is 22.2. The second kappa shape index (κ2) is 12.6. The Balaban J connectivity index is 2.63. The van der Waals surface area contributed by atoms with E-state index >= 15 is 0 Å². The maximum absolute atomic E-state index is 2.55. The third-order valence-electron chi connectivity index (χ3n) is 6.67. The molecule has 0 aromatic heterocycles. The average Bonchev–Trinajstić information content (AvgIpc) is 2.76. The largest absolute Gasteiger partial charge is 0.309 e. The molecule has 0 atom stereocenters. The molecular weight excluding hydrogens is 388 g/mol. The molecule has 0 spiro atoms. The molecular formula is C30H48N2. The molecule has 178 valence electrons. The molecule has 2 aromatic carbocycles. The van der Waals surface area contributed by atoms with Gasteiger partial charge in [-0.1, -0.05) is 77.9 Å². The van der Waals surface area contributed by atoms with Crippen LogP contribution in [0.3, 0.4) is 0 Å². The molecule has 0 saturated carbocycles. The SMILES string of the molecule is CCc1cc(-c2ccccc2)c(CCCN(CC)CC)c(CCCN(C)C)c1C(C)(C)C. The Morgan fingerprint density at radius 2 is 1.38 bits per heavy atom. The predicted octanol–water partition coefficient (Wildman–Crippen LogP) is 6.98. The Morgan fingerprint density at radius 3 is 1.91 bits per heavy atom. The van der Waals surface area contributed by atoms with Crippen LogP contribution in [-0.4, -0.2) is 50.1 Å². The van der Waals surface area contributed by atoms with Gasteiger partial charge in [-0.05, 0) is 111 Å². The molecule has 0 N–H and O–H groups in total. The number of rotatable bonds is 12. The quantitative estimate of drug-likeness (QED) is 0.354. The first-order valence-electron chi connectivity index (χ1n) is 12.8. The lowest BCUT2D eigenvalue weighted by Gasteiger charge is -2.31. The summed E-state index contributed by atoms with van der Waals surface area (Å²) in [7, 11) is 4.38. The van der Waals surface area contributed by atoms with Crippen molar-refractivity contribution in [1.82, 2.24) is 9.80 Å². The van der Waals surface area contributed by atoms with Crippen LogP contribution in [0.15, 0.2) is 36.4 Å². The maximum atomic E-state index is 2.55. The Labute approximate surface area is 199 Å². The zero-order chi connectivity index (χ0) is 23.7. The molecule has 0 aliphatic carbocycles. The third kappa shape index (κ3) is 7.18. The standard InChI is InChI=1S/C30H48N2/c1-9-24-23-28(25-17-13-12-14-18-25)26(19-16-22-32(10-2)11-3)27(20-15-21-31(7)8)29(24)30(4,5)6/h12-14,17-18,23H,9-11,15-16,19-22H2,1-8H3. The summed E-state index contributed by atoms with van der Waals surface area (Å²) in [5, 5.41) is 0. The van der Waals surface area contributed by atoms with E-state index in [0.717, 1.165) is 32.5 Å². The molecule has 0 radical (unpaired) electrons. The van der Waals surface area contributed by atoms with E-state index in [-0.39, 0.29) is 5.41 Å². The summed E-state index contributed by atoms with van der Waals surface area (Å²) in [5.74, 6) is 0. The molecule has 0 saturated heterocycles. The van der Waals surface area contributed by atoms with E-state index in [0.29, 0.717) is 0 Å². The lowest BCUT2D eigenvalue weighted by atomic mass is 9.74. The van der Waals surface area contributed by atoms with Crippen molar-refractivity contribution in [2.24, 2.45) is 0 Å². The van der Waals surface area contributed by atoms with Gasteiger partial charge in [0.05, 0.1) is 0 Å². The third-order valence-corrected chi connectivity index (χ3v) is 6.67. The van der Waals surface area contributed by atoms with Gasteiger partial charge in [-0.2, -0.15) is 0 Å². The Kier molecular flexibility index (Phi) is 10.4. The monoisotopic (exact) mass is 436 g/mol. The second-order valence-electron chi connectivity index (χ2n) is 10.4. The van der Waals surface area contributed by atoms with Gasteiger partial charge < -0.3 is 9.80 Å². The highest BCUT2D eigenvalue weighted by molar-refractivity contribution is 5.72. The van der Waals surface area contributed by atoms with Crippen molar-refractivity contribution in [2.75, 3.05) is 40.3 Å². The topological polar surface area (TPSA) is 6.48 Å². The van der Waals surface area contributed by atoms with Crippen LogP contribution in [0.2, 0.25) is 0 Å². The highest BCUT2D eigenvalue weighted by Crippen LogP contribution is 2.39. The van der Waals surface area contributed by atoms with Gasteiger partial charge in [-0.15, -0.1) is 0 Å². The summed E-state index contributed by atoms with van der Waals surface area (Å²) in [6, 6.07) is 13.6. The number of hydrogen-bond acceptors (Lipinski definition) is 2. The van der Waals surface area contributed by atoms with Crippen LogP contribution in [0.25, 0.3) is 11.1 Å². The normalized spacial score (nSPS) is 12.2. The maximum Gasteiger partial charge on any atom is -0.00158 e. The molecule has 32 heavy (non-hydrogen) atoms. The molecule has 2 aromatic rings. The molecule has 0 aliphatic rings. The molecule has 0 amide bonds. The van der Waals surface area contributed by atoms with E-state index in [1.807, 2.05) is 0 Å². The lowest BCUT2D eigenvalue weighted by molar-refractivity contribution is 0.300. The van der Waals surface area contributed by atoms with E-state index in [1.165, 1.54) is 42.5 Å². The number of nitrogens with zero attached hydrogens (tertiary/aromatic N) is 2. The summed E-state index contributed by atoms with van der Waals surface area (Å²) >= 11 is 0. The first-order valence-corrected chi connectivity index (χ1v) is 12.8. The zero-order valence-corrected chi connectivity index (χ0v) is 22.2. The van der Waals surface area contributed by atoms with Crippen LogP contribution < -0.4 is 0 Å². The molecule has 0 aliphatic heterocycles. The van der Waals surface area contributed by atoms with Crippen LogP contribution >= 0.6 is 0 Å². The Morgan fingerprint density at radius 1 is 0.781 bits per heavy atom. The van der Waals surface area contributed by atoms with E-state index in [1.54, 1.807) is 16.7 Å². The average molecular weight is 437 g/mol. The summed E-state index contributed by atoms with van der Waals surface area (Å²) in [5.41, 5.74) is 9.37. The van der Waals surface area contributed by atoms with Crippen LogP contribution in [0.5, 0.6) is 0 Å². The van der Waals surface area contributed by atoms with Gasteiger partial charge in [-0.25, -0.2) is 0 Å². The summed E-state index contributed by atoms with van der Waals surface area (Å²) in [6.07, 6.45) is 5.84. The second-order valence-corrected chi connectivity index (χ2v) is 10.4. The van der Waals surface area contributed by atoms with Crippen LogP contribution in [-0.2, 0) is 24.7 Å². The van der Waals surface area contributed by atoms with Crippen molar-refractivity contribution in [1.29, 1.82) is 0 Å². The minimum Gasteiger partial charge on any atom is -0.309 e. The van der Waals surface area contributed by atoms with Gasteiger partial charge in [0, 0.05) is 0 Å². The van der Waals surface area contributed by atoms with Gasteiger partial charge in [0.25, 0.3) is 0 Å². The van der Waals surface area contributed by atoms with Crippen LogP contribution in [0.1, 0.15) is 76.6 Å². The van der Waals surface area contributed by atoms with Gasteiger partial charge in [0.15, 0.2) is 0 Å². The van der Waals surface area contributed by atoms with Crippen molar-refractivity contribution in [2.45, 2.75) is 79.1 Å². The van der Waals surface area contributed by atoms with E-state index < -0.39 is 0 Å². The van der Waals surface area contributed by atoms with Gasteiger partial charge >= 0.3 is 0 Å². The van der Waals surface area contributed by atoms with Gasteiger partial charge in [-0.3, -0.25) is 0 Å². The van der Waals surface area contributed by atoms with Crippen molar-refractivity contribution in [3.05, 3.63) is 58.7 Å². The number of benzene rings is 2. The fraction of sp³-hybridized carbons (Fsp3) is 0.600. The number of aryl methyl sites for hydroxylation is 1. The predicted molar refractivity (Wildman–Crippen MR) is 143 cm³/mol. The molecule has 0 bridgehead atoms. The van der Waals surface area contributed by atoms with Crippen molar-refractivity contribution >= 4 is 0 Å². The first-order chi connectivity index (χ1) is 15.2. The van der Waals surface area contributed by atoms with Crippen molar-refractivity contribution in [3.63, 3.8) is 0 Å². The first kappa shape index (κ1) is 26.6. The Bertz CT molecular complexity index is 811. The van der Waals surface area contributed by atoms with Gasteiger partial charge in [0.2, 0.25) is 0 Å². The fourth-order valence-corrected chi connectivity index (χ4v) is 5.08. The minimum absolute atomic E-state index is 0.154. The molecule has 0 unspecified atom stereocenters. The highest BCUT2D eigenvalue weighted by Gasteiger charge is 2.25. The highest BCUT2D eigenvalue weighted by atomic mass is 15.1. The fourth-order valence-electron chi connectivity index (χ4n) is 5.08. The van der Waals surface area contributed by atoms with E-state index in [9.17, 15) is 0 Å². The molecule has 2 nitrogen and oxygen atoms in total. The Hall–Kier alpha value is -1.64. The van der Waals surface area contributed by atoms with E-state index in [4.69, 9.17) is 0 Å². The van der Waals surface area contributed by atoms with Crippen LogP contribution in [0, 0.1) is 0 Å². The van der Waals surface area contributed by atoms with Gasteiger partial charge in [0.1, 0.15) is 0 Å². The molecule has 0 fully saturated rings. The molecule has 2 rings (SSSR count). The minimum atomic E-state index is 0.154. The van der Waals surface area contributed by atoms with Crippen molar-refractivity contribution in [3.8, 4) is 11.1 Å². The van der Waals surface area contributed by atoms with Crippen molar-refractivity contribution < 1.29 is 0 Å². The summed E-state index contributed by atoms with van der Waals surface area (Å²) in [6.45, 7) is 18.7. The van der Waals surface area contributed by atoms with Crippen LogP contribution in [0.4, 0.5) is 0 Å². The number of hydrogen-bond donors (Lipinski definition) is 0. The summed E-state index contributed by atoms with van der Waals surface area (Å²) < 4.78 is 0. The smallest absolute Gasteiger partial charge is 0.00158 e. The van der Waals surface area contributed by atoms with E-state index in [2.05, 4.69) is 102 Å². The molecule has 0 heterocycles. The lowest BCUT2D eigenvalue weighted by Crippen LogP contribution is -2.25.